The van der Waals surface area contributed by atoms with E-state index in [4.69, 9.17) is 8.85 Å². The molecule has 0 radical (unpaired) electrons. The molecule has 0 saturated carbocycles. The minimum absolute atomic E-state index is 0.0795. The molecule has 1 heterocycles. The van der Waals surface area contributed by atoms with Crippen LogP contribution in [0, 0.1) is 5.92 Å². The van der Waals surface area contributed by atoms with Gasteiger partial charge in [0.1, 0.15) is 0 Å². The molecule has 1 rings (SSSR count). The van der Waals surface area contributed by atoms with Crippen molar-refractivity contribution >= 4 is 8.56 Å². The van der Waals surface area contributed by atoms with Crippen molar-refractivity contribution in [2.75, 3.05) is 13.2 Å². The standard InChI is InChI=1S/C14H28O2Si/c1-12-9-8-10-15-17(16-11-12,13(2,3)4)14(5,6)7/h8-9,12H,10-11H2,1-7H3/b9-8+. The van der Waals surface area contributed by atoms with E-state index in [9.17, 15) is 0 Å². The van der Waals surface area contributed by atoms with Gasteiger partial charge < -0.3 is 8.85 Å². The van der Waals surface area contributed by atoms with Crippen LogP contribution in [-0.4, -0.2) is 21.8 Å². The fourth-order valence-corrected chi connectivity index (χ4v) is 7.68. The van der Waals surface area contributed by atoms with E-state index in [1.807, 2.05) is 0 Å². The molecule has 0 saturated heterocycles. The summed E-state index contributed by atoms with van der Waals surface area (Å²) in [7, 11) is -2.26. The second-order valence-corrected chi connectivity index (χ2v) is 12.0. The number of hydrogen-bond acceptors (Lipinski definition) is 2. The maximum Gasteiger partial charge on any atom is 0.349 e. The van der Waals surface area contributed by atoms with Gasteiger partial charge in [-0.05, 0) is 5.92 Å². The Morgan fingerprint density at radius 2 is 1.53 bits per heavy atom. The van der Waals surface area contributed by atoms with Gasteiger partial charge in [-0.3, -0.25) is 0 Å². The first-order chi connectivity index (χ1) is 7.60. The molecular formula is C14H28O2Si. The summed E-state index contributed by atoms with van der Waals surface area (Å²) in [6.07, 6.45) is 4.33. The van der Waals surface area contributed by atoms with E-state index in [1.54, 1.807) is 0 Å². The fourth-order valence-electron chi connectivity index (χ4n) is 2.79. The van der Waals surface area contributed by atoms with Crippen molar-refractivity contribution < 1.29 is 8.85 Å². The largest absolute Gasteiger partial charge is 0.393 e. The first kappa shape index (κ1) is 14.9. The lowest BCUT2D eigenvalue weighted by Crippen LogP contribution is -2.58. The van der Waals surface area contributed by atoms with Crippen LogP contribution in [0.4, 0.5) is 0 Å². The molecule has 0 aliphatic carbocycles. The van der Waals surface area contributed by atoms with Gasteiger partial charge in [-0.25, -0.2) is 0 Å². The van der Waals surface area contributed by atoms with Gasteiger partial charge in [0.15, 0.2) is 0 Å². The molecule has 0 bridgehead atoms. The lowest BCUT2D eigenvalue weighted by Gasteiger charge is -2.49. The first-order valence-electron chi connectivity index (χ1n) is 6.55. The third-order valence-corrected chi connectivity index (χ3v) is 8.47. The quantitative estimate of drug-likeness (QED) is 0.476. The molecule has 0 aromatic carbocycles. The van der Waals surface area contributed by atoms with Gasteiger partial charge in [0.05, 0.1) is 6.61 Å². The van der Waals surface area contributed by atoms with Crippen LogP contribution in [0.25, 0.3) is 0 Å². The maximum atomic E-state index is 6.38. The van der Waals surface area contributed by atoms with E-state index in [0.29, 0.717) is 12.5 Å². The molecule has 0 aromatic rings. The van der Waals surface area contributed by atoms with Gasteiger partial charge in [-0.2, -0.15) is 0 Å². The molecule has 0 N–H and O–H groups in total. The Bertz CT molecular complexity index is 270. The van der Waals surface area contributed by atoms with E-state index in [2.05, 4.69) is 60.6 Å². The van der Waals surface area contributed by atoms with Gasteiger partial charge in [0.25, 0.3) is 0 Å². The molecule has 1 atom stereocenters. The molecule has 2 nitrogen and oxygen atoms in total. The van der Waals surface area contributed by atoms with E-state index < -0.39 is 8.56 Å². The van der Waals surface area contributed by atoms with Crippen LogP contribution in [0.5, 0.6) is 0 Å². The van der Waals surface area contributed by atoms with Gasteiger partial charge >= 0.3 is 8.56 Å². The van der Waals surface area contributed by atoms with Crippen molar-refractivity contribution in [2.45, 2.75) is 58.5 Å². The zero-order valence-corrected chi connectivity index (χ0v) is 13.5. The Balaban J connectivity index is 3.11. The highest BCUT2D eigenvalue weighted by molar-refractivity contribution is 6.73. The van der Waals surface area contributed by atoms with Crippen LogP contribution >= 0.6 is 0 Å². The third kappa shape index (κ3) is 3.01. The topological polar surface area (TPSA) is 18.5 Å². The molecule has 0 amide bonds. The monoisotopic (exact) mass is 256 g/mol. The molecule has 0 aromatic heterocycles. The highest BCUT2D eigenvalue weighted by Gasteiger charge is 2.58. The van der Waals surface area contributed by atoms with E-state index in [1.165, 1.54) is 0 Å². The van der Waals surface area contributed by atoms with Crippen molar-refractivity contribution in [1.82, 2.24) is 0 Å². The number of hydrogen-bond donors (Lipinski definition) is 0. The minimum Gasteiger partial charge on any atom is -0.393 e. The van der Waals surface area contributed by atoms with Gasteiger partial charge in [0.2, 0.25) is 0 Å². The molecule has 0 fully saturated rings. The van der Waals surface area contributed by atoms with Crippen LogP contribution in [0.2, 0.25) is 10.1 Å². The summed E-state index contributed by atoms with van der Waals surface area (Å²) < 4.78 is 12.7. The molecule has 1 aliphatic heterocycles. The summed E-state index contributed by atoms with van der Waals surface area (Å²) in [4.78, 5) is 0. The zero-order valence-electron chi connectivity index (χ0n) is 12.5. The van der Waals surface area contributed by atoms with Gasteiger partial charge in [-0.1, -0.05) is 60.6 Å². The molecule has 0 spiro atoms. The van der Waals surface area contributed by atoms with E-state index in [-0.39, 0.29) is 10.1 Å². The highest BCUT2D eigenvalue weighted by atomic mass is 28.4. The van der Waals surface area contributed by atoms with Crippen LogP contribution in [0.1, 0.15) is 48.5 Å². The second-order valence-electron chi connectivity index (χ2n) is 7.14. The fraction of sp³-hybridized carbons (Fsp3) is 0.857. The minimum atomic E-state index is -2.26. The summed E-state index contributed by atoms with van der Waals surface area (Å²) in [5.41, 5.74) is 0. The summed E-state index contributed by atoms with van der Waals surface area (Å²) in [5, 5.41) is 0.159. The Hall–Kier alpha value is -0.123. The molecule has 1 unspecified atom stereocenters. The normalized spacial score (nSPS) is 28.3. The average molecular weight is 256 g/mol. The predicted molar refractivity (Wildman–Crippen MR) is 75.4 cm³/mol. The lowest BCUT2D eigenvalue weighted by molar-refractivity contribution is 0.122. The van der Waals surface area contributed by atoms with Crippen molar-refractivity contribution in [3.05, 3.63) is 12.2 Å². The molecule has 3 heteroatoms. The third-order valence-electron chi connectivity index (χ3n) is 3.37. The van der Waals surface area contributed by atoms with Crippen LogP contribution in [0.15, 0.2) is 12.2 Å². The molecular weight excluding hydrogens is 228 g/mol. The first-order valence-corrected chi connectivity index (χ1v) is 8.36. The van der Waals surface area contributed by atoms with Crippen LogP contribution in [0.3, 0.4) is 0 Å². The number of rotatable bonds is 0. The van der Waals surface area contributed by atoms with Crippen molar-refractivity contribution in [1.29, 1.82) is 0 Å². The Morgan fingerprint density at radius 3 is 2.00 bits per heavy atom. The van der Waals surface area contributed by atoms with Crippen LogP contribution in [-0.2, 0) is 8.85 Å². The summed E-state index contributed by atoms with van der Waals surface area (Å²) in [6.45, 7) is 17.2. The van der Waals surface area contributed by atoms with Gasteiger partial charge in [0, 0.05) is 16.7 Å². The van der Waals surface area contributed by atoms with Crippen molar-refractivity contribution in [3.8, 4) is 0 Å². The smallest absolute Gasteiger partial charge is 0.349 e. The van der Waals surface area contributed by atoms with E-state index >= 15 is 0 Å². The van der Waals surface area contributed by atoms with E-state index in [0.717, 1.165) is 6.61 Å². The molecule has 100 valence electrons. The zero-order chi connectivity index (χ0) is 13.3. The summed E-state index contributed by atoms with van der Waals surface area (Å²) in [5.74, 6) is 0.482. The Kier molecular flexibility index (Phi) is 4.27. The Labute approximate surface area is 108 Å². The molecule has 1 aliphatic rings. The average Bonchev–Trinajstić information content (AvgIpc) is 2.07. The maximum absolute atomic E-state index is 6.38. The second kappa shape index (κ2) is 4.86. The van der Waals surface area contributed by atoms with Crippen LogP contribution < -0.4 is 0 Å². The van der Waals surface area contributed by atoms with Gasteiger partial charge in [-0.15, -0.1) is 0 Å². The van der Waals surface area contributed by atoms with Crippen molar-refractivity contribution in [3.63, 3.8) is 0 Å². The SMILES string of the molecule is CC1/C=C/CO[Si](C(C)(C)C)(C(C)(C)C)OC1. The summed E-state index contributed by atoms with van der Waals surface area (Å²) >= 11 is 0. The summed E-state index contributed by atoms with van der Waals surface area (Å²) in [6, 6.07) is 0. The predicted octanol–water partition coefficient (Wildman–Crippen LogP) is 4.27. The lowest BCUT2D eigenvalue weighted by atomic mass is 10.2. The molecule has 17 heavy (non-hydrogen) atoms. The Morgan fingerprint density at radius 1 is 1.00 bits per heavy atom. The highest BCUT2D eigenvalue weighted by Crippen LogP contribution is 2.52. The van der Waals surface area contributed by atoms with Crippen molar-refractivity contribution in [2.24, 2.45) is 5.92 Å².